The molecule has 0 N–H and O–H groups in total. The second-order valence-electron chi connectivity index (χ2n) is 8.74. The van der Waals surface area contributed by atoms with Crippen LogP contribution in [0.15, 0.2) is 97.1 Å². The largest absolute Gasteiger partial charge is 0.534 e. The van der Waals surface area contributed by atoms with Crippen LogP contribution >= 0.6 is 0 Å². The van der Waals surface area contributed by atoms with Gasteiger partial charge in [0.2, 0.25) is 0 Å². The first-order chi connectivity index (χ1) is 17.0. The van der Waals surface area contributed by atoms with Gasteiger partial charge in [-0.25, -0.2) is 0 Å². The molecule has 0 radical (unpaired) electrons. The molecule has 4 rings (SSSR count). The fourth-order valence-corrected chi connectivity index (χ4v) is 5.01. The molecule has 4 aromatic rings. The Hall–Kier alpha value is -3.58. The van der Waals surface area contributed by atoms with Gasteiger partial charge in [-0.05, 0) is 65.8 Å². The van der Waals surface area contributed by atoms with E-state index in [0.717, 1.165) is 33.4 Å². The molecule has 0 bridgehead atoms. The average molecular weight is 511 g/mol. The van der Waals surface area contributed by atoms with Crippen LogP contribution in [0.5, 0.6) is 5.75 Å². The fraction of sp³-hybridized carbons (Fsp3) is 0.172. The van der Waals surface area contributed by atoms with E-state index in [4.69, 9.17) is 0 Å². The summed E-state index contributed by atoms with van der Waals surface area (Å²) in [6.45, 7) is 5.60. The first-order valence-corrected chi connectivity index (χ1v) is 12.7. The molecule has 0 amide bonds. The normalized spacial score (nSPS) is 12.4. The summed E-state index contributed by atoms with van der Waals surface area (Å²) in [5.41, 5.74) is -0.215. The van der Waals surface area contributed by atoms with Crippen molar-refractivity contribution in [1.82, 2.24) is 0 Å². The zero-order valence-electron chi connectivity index (χ0n) is 20.0. The number of aryl methyl sites for hydroxylation is 3. The van der Waals surface area contributed by atoms with Crippen LogP contribution in [0.25, 0.3) is 0 Å². The Morgan fingerprint density at radius 2 is 1.06 bits per heavy atom. The Morgan fingerprint density at radius 3 is 1.50 bits per heavy atom. The first kappa shape index (κ1) is 25.5. The van der Waals surface area contributed by atoms with Crippen molar-refractivity contribution in [1.29, 1.82) is 0 Å². The Kier molecular flexibility index (Phi) is 6.71. The van der Waals surface area contributed by atoms with Crippen LogP contribution in [-0.2, 0) is 15.5 Å². The van der Waals surface area contributed by atoms with Gasteiger partial charge in [0.05, 0.1) is 5.41 Å². The van der Waals surface area contributed by atoms with Crippen molar-refractivity contribution < 1.29 is 25.8 Å². The van der Waals surface area contributed by atoms with Crippen molar-refractivity contribution in [2.24, 2.45) is 0 Å². The van der Waals surface area contributed by atoms with E-state index >= 15 is 0 Å². The van der Waals surface area contributed by atoms with Crippen LogP contribution in [0.2, 0.25) is 0 Å². The Labute approximate surface area is 209 Å². The molecular formula is C29H25F3O3S. The van der Waals surface area contributed by atoms with E-state index in [2.05, 4.69) is 16.3 Å². The van der Waals surface area contributed by atoms with Gasteiger partial charge in [-0.1, -0.05) is 91.0 Å². The van der Waals surface area contributed by atoms with Crippen molar-refractivity contribution in [2.45, 2.75) is 31.7 Å². The highest BCUT2D eigenvalue weighted by Crippen LogP contribution is 2.46. The molecule has 0 atom stereocenters. The molecule has 0 aliphatic carbocycles. The summed E-state index contributed by atoms with van der Waals surface area (Å²) in [5, 5.41) is 0. The van der Waals surface area contributed by atoms with Crippen LogP contribution in [0.3, 0.4) is 0 Å². The Balaban J connectivity index is 2.02. The maximum atomic E-state index is 12.9. The third-order valence-electron chi connectivity index (χ3n) is 6.44. The van der Waals surface area contributed by atoms with Crippen molar-refractivity contribution in [2.75, 3.05) is 0 Å². The molecule has 0 fully saturated rings. The molecule has 0 aliphatic rings. The lowest BCUT2D eigenvalue weighted by Crippen LogP contribution is -2.31. The summed E-state index contributed by atoms with van der Waals surface area (Å²) in [5.74, 6) is -0.369. The first-order valence-electron chi connectivity index (χ1n) is 11.3. The molecule has 186 valence electrons. The van der Waals surface area contributed by atoms with Crippen LogP contribution in [0.1, 0.15) is 38.9 Å². The molecule has 0 aromatic heterocycles. The van der Waals surface area contributed by atoms with Crippen LogP contribution < -0.4 is 4.18 Å². The lowest BCUT2D eigenvalue weighted by molar-refractivity contribution is -0.0500. The van der Waals surface area contributed by atoms with Gasteiger partial charge in [-0.2, -0.15) is 21.6 Å². The smallest absolute Gasteiger partial charge is 0.376 e. The minimum atomic E-state index is -5.79. The minimum Gasteiger partial charge on any atom is -0.376 e. The Bertz CT molecular complexity index is 1440. The quantitative estimate of drug-likeness (QED) is 0.156. The topological polar surface area (TPSA) is 43.4 Å². The van der Waals surface area contributed by atoms with Gasteiger partial charge in [0.1, 0.15) is 5.75 Å². The average Bonchev–Trinajstić information content (AvgIpc) is 2.84. The highest BCUT2D eigenvalue weighted by Gasteiger charge is 2.49. The van der Waals surface area contributed by atoms with Crippen LogP contribution in [-0.4, -0.2) is 13.9 Å². The predicted molar refractivity (Wildman–Crippen MR) is 135 cm³/mol. The van der Waals surface area contributed by atoms with Gasteiger partial charge in [0, 0.05) is 0 Å². The summed E-state index contributed by atoms with van der Waals surface area (Å²) in [6, 6.07) is 30.5. The molecule has 4 aromatic carbocycles. The third-order valence-corrected chi connectivity index (χ3v) is 7.41. The van der Waals surface area contributed by atoms with E-state index < -0.39 is 21.0 Å². The summed E-state index contributed by atoms with van der Waals surface area (Å²) >= 11 is 0. The van der Waals surface area contributed by atoms with Gasteiger partial charge in [-0.15, -0.1) is 0 Å². The van der Waals surface area contributed by atoms with Gasteiger partial charge < -0.3 is 4.18 Å². The molecule has 0 spiro atoms. The van der Waals surface area contributed by atoms with Gasteiger partial charge in [0.15, 0.2) is 0 Å². The van der Waals surface area contributed by atoms with Crippen molar-refractivity contribution in [3.63, 3.8) is 0 Å². The van der Waals surface area contributed by atoms with E-state index in [9.17, 15) is 21.6 Å². The summed E-state index contributed by atoms with van der Waals surface area (Å²) in [4.78, 5) is 0. The van der Waals surface area contributed by atoms with Crippen LogP contribution in [0.4, 0.5) is 13.2 Å². The minimum absolute atomic E-state index is 0.264. The second kappa shape index (κ2) is 9.47. The number of hydrogen-bond acceptors (Lipinski definition) is 3. The molecule has 0 saturated carbocycles. The summed E-state index contributed by atoms with van der Waals surface area (Å²) in [7, 11) is -5.79. The Morgan fingerprint density at radius 1 is 0.583 bits per heavy atom. The van der Waals surface area contributed by atoms with E-state index in [-0.39, 0.29) is 11.3 Å². The predicted octanol–water partition coefficient (Wildman–Crippen LogP) is 7.22. The zero-order valence-corrected chi connectivity index (χ0v) is 20.8. The molecule has 3 nitrogen and oxygen atoms in total. The third kappa shape index (κ3) is 4.51. The summed E-state index contributed by atoms with van der Waals surface area (Å²) in [6.07, 6.45) is 0. The highest BCUT2D eigenvalue weighted by atomic mass is 32.2. The molecule has 0 saturated heterocycles. The molecule has 36 heavy (non-hydrogen) atoms. The molecular weight excluding hydrogens is 485 g/mol. The monoisotopic (exact) mass is 510 g/mol. The number of halogens is 3. The van der Waals surface area contributed by atoms with Crippen molar-refractivity contribution in [3.05, 3.63) is 136 Å². The fourth-order valence-electron chi connectivity index (χ4n) is 4.49. The zero-order chi connectivity index (χ0) is 26.1. The molecule has 0 unspecified atom stereocenters. The maximum absolute atomic E-state index is 12.9. The lowest BCUT2D eigenvalue weighted by Gasteiger charge is -2.37. The van der Waals surface area contributed by atoms with Gasteiger partial charge in [-0.3, -0.25) is 0 Å². The summed E-state index contributed by atoms with van der Waals surface area (Å²) < 4.78 is 66.6. The van der Waals surface area contributed by atoms with Crippen LogP contribution in [0, 0.1) is 20.8 Å². The molecule has 0 aliphatic heterocycles. The lowest BCUT2D eigenvalue weighted by atomic mass is 9.64. The van der Waals surface area contributed by atoms with Gasteiger partial charge in [0.25, 0.3) is 0 Å². The number of rotatable bonds is 6. The maximum Gasteiger partial charge on any atom is 0.534 e. The number of hydrogen-bond donors (Lipinski definition) is 0. The van der Waals surface area contributed by atoms with E-state index in [1.165, 1.54) is 13.0 Å². The van der Waals surface area contributed by atoms with E-state index in [1.54, 1.807) is 12.1 Å². The SMILES string of the molecule is Cc1ccc(C(c2ccccc2)(c2ccccc2)c2ccc(OS(=O)(=O)C(F)(F)F)c(C)c2)cc1C. The molecule has 0 heterocycles. The standard InChI is InChI=1S/C29H25F3O3S/c1-20-14-15-25(18-21(20)2)28(23-10-6-4-7-11-23,24-12-8-5-9-13-24)26-16-17-27(22(3)19-26)35-36(33,34)29(30,31)32/h4-19H,1-3H3. The van der Waals surface area contributed by atoms with E-state index in [1.807, 2.05) is 80.6 Å². The van der Waals surface area contributed by atoms with Gasteiger partial charge >= 0.3 is 15.6 Å². The van der Waals surface area contributed by atoms with Crippen molar-refractivity contribution >= 4 is 10.1 Å². The number of benzene rings is 4. The van der Waals surface area contributed by atoms with E-state index in [0.29, 0.717) is 0 Å². The highest BCUT2D eigenvalue weighted by molar-refractivity contribution is 7.88. The van der Waals surface area contributed by atoms with Crippen molar-refractivity contribution in [3.8, 4) is 5.75 Å². The number of alkyl halides is 3. The second-order valence-corrected chi connectivity index (χ2v) is 10.3. The molecule has 7 heteroatoms.